The number of aromatic nitrogens is 2. The predicted octanol–water partition coefficient (Wildman–Crippen LogP) is 4.58. The van der Waals surface area contributed by atoms with Gasteiger partial charge in [0, 0.05) is 29.1 Å². The number of fused-ring (bicyclic) bond motifs is 4. The fourth-order valence-corrected chi connectivity index (χ4v) is 6.50. The van der Waals surface area contributed by atoms with Crippen LogP contribution in [0.4, 0.5) is 4.39 Å². The molecule has 0 spiro atoms. The quantitative estimate of drug-likeness (QED) is 0.500. The van der Waals surface area contributed by atoms with Crippen molar-refractivity contribution in [1.82, 2.24) is 14.9 Å². The van der Waals surface area contributed by atoms with Crippen LogP contribution in [0, 0.1) is 5.82 Å². The molecule has 0 saturated heterocycles. The summed E-state index contributed by atoms with van der Waals surface area (Å²) in [5.41, 5.74) is 4.64. The zero-order valence-corrected chi connectivity index (χ0v) is 18.5. The lowest BCUT2D eigenvalue weighted by atomic mass is 9.93. The van der Waals surface area contributed by atoms with Gasteiger partial charge in [-0.3, -0.25) is 9.36 Å². The summed E-state index contributed by atoms with van der Waals surface area (Å²) in [7, 11) is 0. The monoisotopic (exact) mass is 445 g/mol. The molecule has 6 heteroatoms. The summed E-state index contributed by atoms with van der Waals surface area (Å²) in [4.78, 5) is 20.3. The summed E-state index contributed by atoms with van der Waals surface area (Å²) >= 11 is 1.64. The Labute approximate surface area is 189 Å². The maximum atomic E-state index is 13.9. The summed E-state index contributed by atoms with van der Waals surface area (Å²) < 4.78 is 15.8. The maximum Gasteiger partial charge on any atom is 0.262 e. The van der Waals surface area contributed by atoms with Crippen LogP contribution in [-0.4, -0.2) is 15.6 Å². The second-order valence-electron chi connectivity index (χ2n) is 8.88. The molecule has 0 bridgehead atoms. The van der Waals surface area contributed by atoms with Gasteiger partial charge in [0.1, 0.15) is 10.6 Å². The highest BCUT2D eigenvalue weighted by Crippen LogP contribution is 2.35. The first-order chi connectivity index (χ1) is 15.7. The minimum absolute atomic E-state index is 0.100. The number of aryl methyl sites for hydroxylation is 1. The largest absolute Gasteiger partial charge is 0.309 e. The van der Waals surface area contributed by atoms with Crippen LogP contribution in [0.25, 0.3) is 10.2 Å². The molecule has 0 saturated carbocycles. The standard InChI is InChI=1S/C26H24FN3OS/c27-22-8-4-3-7-18(22)14-28-19-9-10-21-23(13-19)32-25-24(21)26(31)30(15-29-25)20-11-16-5-1-2-6-17(16)12-20/h1-8,15,19-20,28H,9-14H2. The van der Waals surface area contributed by atoms with Crippen LogP contribution in [0.3, 0.4) is 0 Å². The average molecular weight is 446 g/mol. The van der Waals surface area contributed by atoms with Gasteiger partial charge in [0.25, 0.3) is 5.56 Å². The van der Waals surface area contributed by atoms with Crippen LogP contribution in [0.2, 0.25) is 0 Å². The van der Waals surface area contributed by atoms with E-state index in [1.54, 1.807) is 23.7 Å². The molecule has 0 amide bonds. The number of rotatable bonds is 4. The first-order valence-corrected chi connectivity index (χ1v) is 12.0. The van der Waals surface area contributed by atoms with E-state index < -0.39 is 0 Å². The van der Waals surface area contributed by atoms with Gasteiger partial charge in [-0.05, 0) is 54.9 Å². The first-order valence-electron chi connectivity index (χ1n) is 11.2. The SMILES string of the molecule is O=c1c2c3c(sc2ncn1C1Cc2ccccc2C1)CC(NCc1ccccc1F)CC3. The lowest BCUT2D eigenvalue weighted by Gasteiger charge is -2.23. The van der Waals surface area contributed by atoms with E-state index in [0.29, 0.717) is 12.1 Å². The van der Waals surface area contributed by atoms with Crippen molar-refractivity contribution < 1.29 is 4.39 Å². The minimum Gasteiger partial charge on any atom is -0.309 e. The third-order valence-corrected chi connectivity index (χ3v) is 8.12. The molecule has 1 N–H and O–H groups in total. The van der Waals surface area contributed by atoms with Crippen LogP contribution in [0.1, 0.15) is 39.6 Å². The number of nitrogens with zero attached hydrogens (tertiary/aromatic N) is 2. The van der Waals surface area contributed by atoms with Crippen molar-refractivity contribution in [3.8, 4) is 0 Å². The van der Waals surface area contributed by atoms with E-state index in [1.807, 2.05) is 16.7 Å². The Morgan fingerprint density at radius 3 is 2.59 bits per heavy atom. The molecule has 1 unspecified atom stereocenters. The molecule has 32 heavy (non-hydrogen) atoms. The molecule has 1 atom stereocenters. The molecule has 162 valence electrons. The summed E-state index contributed by atoms with van der Waals surface area (Å²) in [5.74, 6) is -0.169. The van der Waals surface area contributed by atoms with E-state index in [2.05, 4.69) is 29.6 Å². The number of hydrogen-bond acceptors (Lipinski definition) is 4. The molecular weight excluding hydrogens is 421 g/mol. The lowest BCUT2D eigenvalue weighted by molar-refractivity contribution is 0.455. The van der Waals surface area contributed by atoms with Gasteiger partial charge in [0.15, 0.2) is 0 Å². The summed E-state index contributed by atoms with van der Waals surface area (Å²) in [6, 6.07) is 15.8. The highest BCUT2D eigenvalue weighted by molar-refractivity contribution is 7.18. The van der Waals surface area contributed by atoms with Crippen LogP contribution in [-0.2, 0) is 32.2 Å². The van der Waals surface area contributed by atoms with E-state index in [4.69, 9.17) is 4.98 Å². The normalized spacial score (nSPS) is 18.1. The molecular formula is C26H24FN3OS. The van der Waals surface area contributed by atoms with E-state index in [1.165, 1.54) is 27.6 Å². The number of benzene rings is 2. The predicted molar refractivity (Wildman–Crippen MR) is 126 cm³/mol. The molecule has 0 fully saturated rings. The molecule has 4 nitrogen and oxygen atoms in total. The van der Waals surface area contributed by atoms with Gasteiger partial charge in [-0.1, -0.05) is 42.5 Å². The van der Waals surface area contributed by atoms with Gasteiger partial charge in [0.05, 0.1) is 11.7 Å². The van der Waals surface area contributed by atoms with Gasteiger partial charge in [-0.25, -0.2) is 9.37 Å². The Hall–Kier alpha value is -2.83. The van der Waals surface area contributed by atoms with E-state index in [0.717, 1.165) is 42.3 Å². The summed E-state index contributed by atoms with van der Waals surface area (Å²) in [5, 5.41) is 4.32. The zero-order valence-electron chi connectivity index (χ0n) is 17.7. The highest BCUT2D eigenvalue weighted by Gasteiger charge is 2.28. The topological polar surface area (TPSA) is 46.9 Å². The van der Waals surface area contributed by atoms with Crippen LogP contribution in [0.5, 0.6) is 0 Å². The van der Waals surface area contributed by atoms with Crippen molar-refractivity contribution in [1.29, 1.82) is 0 Å². The zero-order chi connectivity index (χ0) is 21.7. The second-order valence-corrected chi connectivity index (χ2v) is 9.97. The van der Waals surface area contributed by atoms with Gasteiger partial charge in [-0.2, -0.15) is 0 Å². The summed E-state index contributed by atoms with van der Waals surface area (Å²) in [6.07, 6.45) is 6.18. The van der Waals surface area contributed by atoms with Crippen molar-refractivity contribution >= 4 is 21.6 Å². The fraction of sp³-hybridized carbons (Fsp3) is 0.308. The Bertz CT molecular complexity index is 1350. The Kier molecular flexibility index (Phi) is 4.92. The van der Waals surface area contributed by atoms with E-state index in [-0.39, 0.29) is 23.5 Å². The molecule has 2 aliphatic rings. The van der Waals surface area contributed by atoms with Gasteiger partial charge in [0.2, 0.25) is 0 Å². The van der Waals surface area contributed by atoms with Crippen molar-refractivity contribution in [3.63, 3.8) is 0 Å². The first kappa shape index (κ1) is 19.8. The Morgan fingerprint density at radius 1 is 1.06 bits per heavy atom. The molecule has 2 aliphatic carbocycles. The van der Waals surface area contributed by atoms with Crippen LogP contribution < -0.4 is 10.9 Å². The van der Waals surface area contributed by atoms with E-state index in [9.17, 15) is 9.18 Å². The van der Waals surface area contributed by atoms with Gasteiger partial charge >= 0.3 is 0 Å². The molecule has 2 aromatic carbocycles. The van der Waals surface area contributed by atoms with Gasteiger partial charge in [-0.15, -0.1) is 11.3 Å². The Morgan fingerprint density at radius 2 is 1.81 bits per heavy atom. The lowest BCUT2D eigenvalue weighted by Crippen LogP contribution is -2.34. The third kappa shape index (κ3) is 3.38. The molecule has 0 radical (unpaired) electrons. The molecule has 6 rings (SSSR count). The Balaban J connectivity index is 1.25. The van der Waals surface area contributed by atoms with Gasteiger partial charge < -0.3 is 5.32 Å². The smallest absolute Gasteiger partial charge is 0.262 e. The van der Waals surface area contributed by atoms with Crippen molar-refractivity contribution in [3.05, 3.63) is 98.2 Å². The molecule has 4 aromatic rings. The number of nitrogens with one attached hydrogen (secondary N) is 1. The highest BCUT2D eigenvalue weighted by atomic mass is 32.1. The van der Waals surface area contributed by atoms with E-state index >= 15 is 0 Å². The summed E-state index contributed by atoms with van der Waals surface area (Å²) in [6.45, 7) is 0.519. The molecule has 2 aromatic heterocycles. The average Bonchev–Trinajstić information content (AvgIpc) is 3.40. The van der Waals surface area contributed by atoms with Crippen molar-refractivity contribution in [2.45, 2.75) is 50.7 Å². The molecule has 2 heterocycles. The second kappa shape index (κ2) is 7.94. The van der Waals surface area contributed by atoms with Crippen LogP contribution >= 0.6 is 11.3 Å². The number of thiophene rings is 1. The van der Waals surface area contributed by atoms with Crippen LogP contribution in [0.15, 0.2) is 59.7 Å². The fourth-order valence-electron chi connectivity index (χ4n) is 5.24. The van der Waals surface area contributed by atoms with Crippen molar-refractivity contribution in [2.24, 2.45) is 0 Å². The maximum absolute atomic E-state index is 13.9. The third-order valence-electron chi connectivity index (χ3n) is 6.96. The minimum atomic E-state index is -0.169. The number of hydrogen-bond donors (Lipinski definition) is 1. The van der Waals surface area contributed by atoms with Crippen molar-refractivity contribution in [2.75, 3.05) is 0 Å². The number of halogens is 1. The molecule has 0 aliphatic heterocycles.